The normalized spacial score (nSPS) is 19.1. The lowest BCUT2D eigenvalue weighted by molar-refractivity contribution is -0.116. The lowest BCUT2D eigenvalue weighted by Crippen LogP contribution is -2.26. The zero-order chi connectivity index (χ0) is 11.0. The fourth-order valence-corrected chi connectivity index (χ4v) is 2.57. The Morgan fingerprint density at radius 1 is 1.60 bits per heavy atom. The second kappa shape index (κ2) is 4.06. The van der Waals surface area contributed by atoms with Gasteiger partial charge in [0.15, 0.2) is 0 Å². The maximum atomic E-state index is 11.4. The third-order valence-corrected chi connectivity index (χ3v) is 3.71. The van der Waals surface area contributed by atoms with Crippen molar-refractivity contribution in [1.29, 1.82) is 0 Å². The molecule has 0 saturated heterocycles. The van der Waals surface area contributed by atoms with E-state index in [-0.39, 0.29) is 5.91 Å². The fourth-order valence-electron chi connectivity index (χ4n) is 1.99. The van der Waals surface area contributed by atoms with Crippen LogP contribution in [0.2, 0.25) is 0 Å². The van der Waals surface area contributed by atoms with Crippen molar-refractivity contribution in [3.8, 4) is 0 Å². The third kappa shape index (κ3) is 1.86. The van der Waals surface area contributed by atoms with E-state index in [0.29, 0.717) is 5.92 Å². The van der Waals surface area contributed by atoms with Crippen molar-refractivity contribution in [2.24, 2.45) is 0 Å². The summed E-state index contributed by atoms with van der Waals surface area (Å²) in [5, 5.41) is 0. The summed E-state index contributed by atoms with van der Waals surface area (Å²) >= 11 is 0. The van der Waals surface area contributed by atoms with Crippen LogP contribution in [0.1, 0.15) is 25.3 Å². The fraction of sp³-hybridized carbons (Fsp3) is 0.364. The molecule has 0 N–H and O–H groups in total. The van der Waals surface area contributed by atoms with Crippen LogP contribution in [0.25, 0.3) is 0 Å². The topological polar surface area (TPSA) is 20.3 Å². The van der Waals surface area contributed by atoms with Crippen LogP contribution in [0, 0.1) is 0 Å². The molecule has 80 valence electrons. The van der Waals surface area contributed by atoms with E-state index in [9.17, 15) is 4.79 Å². The molecule has 0 aliphatic carbocycles. The highest BCUT2D eigenvalue weighted by Gasteiger charge is 2.27. The van der Waals surface area contributed by atoms with E-state index in [2.05, 4.69) is 13.0 Å². The van der Waals surface area contributed by atoms with E-state index >= 15 is 0 Å². The zero-order valence-electron chi connectivity index (χ0n) is 8.66. The molecule has 15 heavy (non-hydrogen) atoms. The van der Waals surface area contributed by atoms with Gasteiger partial charge in [0.2, 0.25) is 5.91 Å². The van der Waals surface area contributed by atoms with Gasteiger partial charge in [-0.1, -0.05) is 6.92 Å². The molecule has 0 saturated carbocycles. The number of fused-ring (bicyclic) bond motifs is 1. The lowest BCUT2D eigenvalue weighted by Gasteiger charge is -2.14. The van der Waals surface area contributed by atoms with Crippen LogP contribution in [-0.4, -0.2) is 12.5 Å². The molecule has 1 amide bonds. The highest BCUT2D eigenvalue weighted by Crippen LogP contribution is 2.38. The average molecular weight is 242 g/mol. The first kappa shape index (κ1) is 10.8. The van der Waals surface area contributed by atoms with Crippen molar-refractivity contribution in [3.05, 3.63) is 23.8 Å². The average Bonchev–Trinajstić information content (AvgIpc) is 2.56. The van der Waals surface area contributed by atoms with Crippen LogP contribution in [0.4, 0.5) is 5.69 Å². The summed E-state index contributed by atoms with van der Waals surface area (Å²) in [6.07, 6.45) is 0. The quantitative estimate of drug-likeness (QED) is 0.751. The van der Waals surface area contributed by atoms with Gasteiger partial charge in [-0.2, -0.15) is 0 Å². The summed E-state index contributed by atoms with van der Waals surface area (Å²) < 4.78 is 0. The standard InChI is InChI=1S/C11H12ClNOS/c1-7-6-13(8(2)14)11-4-3-9(15-12)5-10(7)11/h3-5,7H,6H2,1-2H3. The molecule has 0 bridgehead atoms. The van der Waals surface area contributed by atoms with Gasteiger partial charge in [0.1, 0.15) is 0 Å². The van der Waals surface area contributed by atoms with Crippen molar-refractivity contribution in [1.82, 2.24) is 0 Å². The Hall–Kier alpha value is -0.670. The van der Waals surface area contributed by atoms with Crippen LogP contribution in [0.3, 0.4) is 0 Å². The number of rotatable bonds is 1. The maximum absolute atomic E-state index is 11.4. The first-order chi connectivity index (χ1) is 7.13. The Kier molecular flexibility index (Phi) is 2.94. The minimum Gasteiger partial charge on any atom is -0.312 e. The van der Waals surface area contributed by atoms with E-state index in [4.69, 9.17) is 10.7 Å². The Bertz CT molecular complexity index is 408. The second-order valence-electron chi connectivity index (χ2n) is 3.83. The molecule has 1 aromatic rings. The molecule has 0 aromatic heterocycles. The molecular formula is C11H12ClNOS. The van der Waals surface area contributed by atoms with E-state index < -0.39 is 0 Å². The predicted octanol–water partition coefficient (Wildman–Crippen LogP) is 3.40. The van der Waals surface area contributed by atoms with Gasteiger partial charge in [-0.3, -0.25) is 4.79 Å². The summed E-state index contributed by atoms with van der Waals surface area (Å²) in [6.45, 7) is 4.51. The molecule has 0 fully saturated rings. The van der Waals surface area contributed by atoms with E-state index in [1.165, 1.54) is 16.5 Å². The molecule has 2 nitrogen and oxygen atoms in total. The number of hydrogen-bond donors (Lipinski definition) is 0. The van der Waals surface area contributed by atoms with Gasteiger partial charge in [-0.15, -0.1) is 0 Å². The van der Waals surface area contributed by atoms with Crippen molar-refractivity contribution < 1.29 is 4.79 Å². The minimum atomic E-state index is 0.104. The van der Waals surface area contributed by atoms with Crippen molar-refractivity contribution >= 4 is 33.3 Å². The van der Waals surface area contributed by atoms with Crippen LogP contribution in [0.15, 0.2) is 23.1 Å². The molecule has 1 aromatic carbocycles. The molecule has 1 aliphatic heterocycles. The summed E-state index contributed by atoms with van der Waals surface area (Å²) in [6, 6.07) is 6.00. The summed E-state index contributed by atoms with van der Waals surface area (Å²) in [5.41, 5.74) is 2.25. The van der Waals surface area contributed by atoms with Crippen LogP contribution in [-0.2, 0) is 4.79 Å². The molecule has 1 heterocycles. The Labute approximate surface area is 98.1 Å². The SMILES string of the molecule is CC(=O)N1CC(C)c2cc(SCl)ccc21. The number of anilines is 1. The first-order valence-corrected chi connectivity index (χ1v) is 6.48. The van der Waals surface area contributed by atoms with E-state index in [1.807, 2.05) is 17.0 Å². The van der Waals surface area contributed by atoms with E-state index in [0.717, 1.165) is 17.1 Å². The second-order valence-corrected chi connectivity index (χ2v) is 4.92. The first-order valence-electron chi connectivity index (χ1n) is 4.84. The van der Waals surface area contributed by atoms with E-state index in [1.54, 1.807) is 6.92 Å². The lowest BCUT2D eigenvalue weighted by atomic mass is 10.0. The summed E-state index contributed by atoms with van der Waals surface area (Å²) in [7, 11) is 6.93. The molecule has 0 spiro atoms. The summed E-state index contributed by atoms with van der Waals surface area (Å²) in [5.74, 6) is 0.500. The molecule has 1 atom stereocenters. The van der Waals surface area contributed by atoms with Gasteiger partial charge in [-0.25, -0.2) is 0 Å². The van der Waals surface area contributed by atoms with Crippen LogP contribution >= 0.6 is 21.7 Å². The van der Waals surface area contributed by atoms with Crippen molar-refractivity contribution in [3.63, 3.8) is 0 Å². The minimum absolute atomic E-state index is 0.104. The number of hydrogen-bond acceptors (Lipinski definition) is 2. The smallest absolute Gasteiger partial charge is 0.223 e. The number of halogens is 1. The number of benzene rings is 1. The van der Waals surface area contributed by atoms with Gasteiger partial charge >= 0.3 is 0 Å². The largest absolute Gasteiger partial charge is 0.312 e. The molecule has 2 rings (SSSR count). The number of amides is 1. The van der Waals surface area contributed by atoms with Gasteiger partial charge in [-0.05, 0) is 45.4 Å². The summed E-state index contributed by atoms with van der Waals surface area (Å²) in [4.78, 5) is 14.3. The van der Waals surface area contributed by atoms with Crippen LogP contribution < -0.4 is 4.90 Å². The highest BCUT2D eigenvalue weighted by atomic mass is 35.7. The monoisotopic (exact) mass is 241 g/mol. The van der Waals surface area contributed by atoms with Gasteiger partial charge in [0.25, 0.3) is 0 Å². The molecule has 4 heteroatoms. The predicted molar refractivity (Wildman–Crippen MR) is 64.6 cm³/mol. The Morgan fingerprint density at radius 2 is 2.33 bits per heavy atom. The molecule has 0 radical (unpaired) electrons. The number of nitrogens with zero attached hydrogens (tertiary/aromatic N) is 1. The molecule has 1 unspecified atom stereocenters. The maximum Gasteiger partial charge on any atom is 0.223 e. The highest BCUT2D eigenvalue weighted by molar-refractivity contribution is 8.21. The number of carbonyl (C=O) groups is 1. The van der Waals surface area contributed by atoms with Crippen LogP contribution in [0.5, 0.6) is 0 Å². The van der Waals surface area contributed by atoms with Crippen molar-refractivity contribution in [2.45, 2.75) is 24.7 Å². The molecular weight excluding hydrogens is 230 g/mol. The zero-order valence-corrected chi connectivity index (χ0v) is 10.2. The number of carbonyl (C=O) groups excluding carboxylic acids is 1. The third-order valence-electron chi connectivity index (χ3n) is 2.75. The Balaban J connectivity index is 2.45. The van der Waals surface area contributed by atoms with Gasteiger partial charge in [0, 0.05) is 30.0 Å². The van der Waals surface area contributed by atoms with Crippen molar-refractivity contribution in [2.75, 3.05) is 11.4 Å². The van der Waals surface area contributed by atoms with Gasteiger partial charge < -0.3 is 4.90 Å². The molecule has 1 aliphatic rings. The Morgan fingerprint density at radius 3 is 2.93 bits per heavy atom. The van der Waals surface area contributed by atoms with Gasteiger partial charge in [0.05, 0.1) is 0 Å².